The van der Waals surface area contributed by atoms with E-state index in [0.29, 0.717) is 13.0 Å². The Morgan fingerprint density at radius 2 is 1.95 bits per heavy atom. The molecular weight excluding hydrogens is 291 g/mol. The lowest BCUT2D eigenvalue weighted by molar-refractivity contribution is -0.138. The zero-order valence-corrected chi connectivity index (χ0v) is 11.6. The molecule has 0 amide bonds. The summed E-state index contributed by atoms with van der Waals surface area (Å²) in [5, 5.41) is 2.37. The smallest absolute Gasteiger partial charge is 0.315 e. The highest BCUT2D eigenvalue weighted by molar-refractivity contribution is 7.91. The maximum absolute atomic E-state index is 12.9. The Balaban J connectivity index is 2.25. The van der Waals surface area contributed by atoms with Gasteiger partial charge in [0.15, 0.2) is 9.84 Å². The Morgan fingerprint density at radius 3 is 2.55 bits per heavy atom. The van der Waals surface area contributed by atoms with Crippen LogP contribution in [0, 0.1) is 0 Å². The van der Waals surface area contributed by atoms with Gasteiger partial charge in [0.05, 0.1) is 16.6 Å². The van der Waals surface area contributed by atoms with Crippen molar-refractivity contribution in [3.63, 3.8) is 0 Å². The monoisotopic (exact) mass is 307 g/mol. The van der Waals surface area contributed by atoms with Crippen LogP contribution in [0.3, 0.4) is 0 Å². The highest BCUT2D eigenvalue weighted by atomic mass is 32.2. The van der Waals surface area contributed by atoms with Crippen molar-refractivity contribution in [2.75, 3.05) is 13.1 Å². The van der Waals surface area contributed by atoms with Gasteiger partial charge in [0.1, 0.15) is 0 Å². The number of benzene rings is 1. The number of nitrogens with one attached hydrogen (secondary N) is 1. The first kappa shape index (κ1) is 15.3. The first-order valence-electron chi connectivity index (χ1n) is 6.38. The van der Waals surface area contributed by atoms with Crippen molar-refractivity contribution in [3.05, 3.63) is 35.4 Å². The van der Waals surface area contributed by atoms with Gasteiger partial charge in [-0.1, -0.05) is 18.2 Å². The highest BCUT2D eigenvalue weighted by Crippen LogP contribution is 2.33. The van der Waals surface area contributed by atoms with E-state index < -0.39 is 32.6 Å². The van der Waals surface area contributed by atoms with E-state index in [4.69, 9.17) is 0 Å². The number of halogens is 3. The zero-order valence-electron chi connectivity index (χ0n) is 10.8. The normalized spacial score (nSPS) is 20.9. The molecule has 0 aliphatic carbocycles. The first-order chi connectivity index (χ1) is 9.31. The molecule has 0 spiro atoms. The average Bonchev–Trinajstić information content (AvgIpc) is 2.39. The summed E-state index contributed by atoms with van der Waals surface area (Å²) in [6.07, 6.45) is -3.30. The predicted octanol–water partition coefficient (Wildman–Crippen LogP) is 2.37. The summed E-state index contributed by atoms with van der Waals surface area (Å²) in [5.74, 6) is -0.560. The highest BCUT2D eigenvalue weighted by Gasteiger charge is 2.35. The van der Waals surface area contributed by atoms with Gasteiger partial charge in [-0.15, -0.1) is 0 Å². The van der Waals surface area contributed by atoms with Gasteiger partial charge in [-0.2, -0.15) is 13.2 Å². The van der Waals surface area contributed by atoms with Gasteiger partial charge < -0.3 is 5.32 Å². The van der Waals surface area contributed by atoms with Crippen LogP contribution in [-0.2, 0) is 21.8 Å². The summed E-state index contributed by atoms with van der Waals surface area (Å²) in [4.78, 5) is 0. The third-order valence-electron chi connectivity index (χ3n) is 3.44. The third-order valence-corrected chi connectivity index (χ3v) is 5.57. The minimum Gasteiger partial charge on any atom is -0.315 e. The SMILES string of the molecule is O=S(=O)(Cc1ccccc1C(F)(F)F)C1CCCNC1. The molecule has 1 heterocycles. The Hall–Kier alpha value is -1.08. The molecule has 2 rings (SSSR count). The molecule has 1 aromatic rings. The lowest BCUT2D eigenvalue weighted by atomic mass is 10.1. The van der Waals surface area contributed by atoms with Gasteiger partial charge in [0.25, 0.3) is 0 Å². The molecule has 1 aliphatic rings. The third kappa shape index (κ3) is 3.52. The fourth-order valence-electron chi connectivity index (χ4n) is 2.38. The molecule has 3 nitrogen and oxygen atoms in total. The molecule has 1 aliphatic heterocycles. The Bertz CT molecular complexity index is 563. The maximum atomic E-state index is 12.9. The van der Waals surface area contributed by atoms with E-state index >= 15 is 0 Å². The van der Waals surface area contributed by atoms with Gasteiger partial charge in [0, 0.05) is 6.54 Å². The number of rotatable bonds is 3. The summed E-state index contributed by atoms with van der Waals surface area (Å²) in [6.45, 7) is 1.07. The molecule has 0 saturated carbocycles. The van der Waals surface area contributed by atoms with E-state index in [0.717, 1.165) is 19.0 Å². The van der Waals surface area contributed by atoms with Crippen molar-refractivity contribution < 1.29 is 21.6 Å². The molecule has 20 heavy (non-hydrogen) atoms. The minimum atomic E-state index is -4.53. The Kier molecular flexibility index (Phi) is 4.39. The van der Waals surface area contributed by atoms with E-state index in [-0.39, 0.29) is 5.56 Å². The van der Waals surface area contributed by atoms with Crippen LogP contribution in [0.5, 0.6) is 0 Å². The van der Waals surface area contributed by atoms with Crippen LogP contribution in [0.2, 0.25) is 0 Å². The molecule has 0 radical (unpaired) electrons. The number of hydrogen-bond donors (Lipinski definition) is 1. The standard InChI is InChI=1S/C13H16F3NO2S/c14-13(15,16)12-6-2-1-4-10(12)9-20(18,19)11-5-3-7-17-8-11/h1-2,4,6,11,17H,3,5,7-9H2. The molecule has 112 valence electrons. The fraction of sp³-hybridized carbons (Fsp3) is 0.538. The van der Waals surface area contributed by atoms with Crippen LogP contribution in [0.25, 0.3) is 0 Å². The molecular formula is C13H16F3NO2S. The van der Waals surface area contributed by atoms with E-state index in [9.17, 15) is 21.6 Å². The zero-order chi connectivity index (χ0) is 14.8. The number of sulfone groups is 1. The molecule has 1 unspecified atom stereocenters. The van der Waals surface area contributed by atoms with Gasteiger partial charge in [-0.25, -0.2) is 8.42 Å². The summed E-state index contributed by atoms with van der Waals surface area (Å²) < 4.78 is 63.0. The molecule has 1 saturated heterocycles. The number of hydrogen-bond acceptors (Lipinski definition) is 3. The second kappa shape index (κ2) is 5.73. The first-order valence-corrected chi connectivity index (χ1v) is 8.09. The summed E-state index contributed by atoms with van der Waals surface area (Å²) >= 11 is 0. The molecule has 1 atom stereocenters. The molecule has 0 bridgehead atoms. The lowest BCUT2D eigenvalue weighted by Gasteiger charge is -2.23. The van der Waals surface area contributed by atoms with E-state index in [1.807, 2.05) is 0 Å². The van der Waals surface area contributed by atoms with Crippen LogP contribution in [-0.4, -0.2) is 26.8 Å². The summed E-state index contributed by atoms with van der Waals surface area (Å²) in [6, 6.07) is 4.85. The quantitative estimate of drug-likeness (QED) is 0.932. The van der Waals surface area contributed by atoms with Crippen molar-refractivity contribution in [1.82, 2.24) is 5.32 Å². The Morgan fingerprint density at radius 1 is 1.25 bits per heavy atom. The van der Waals surface area contributed by atoms with Crippen LogP contribution in [0.1, 0.15) is 24.0 Å². The van der Waals surface area contributed by atoms with E-state index in [1.54, 1.807) is 0 Å². The second-order valence-corrected chi connectivity index (χ2v) is 7.21. The predicted molar refractivity (Wildman–Crippen MR) is 70.0 cm³/mol. The van der Waals surface area contributed by atoms with Gasteiger partial charge in [-0.05, 0) is 31.0 Å². The lowest BCUT2D eigenvalue weighted by Crippen LogP contribution is -2.39. The van der Waals surface area contributed by atoms with Crippen LogP contribution in [0.15, 0.2) is 24.3 Å². The summed E-state index contributed by atoms with van der Waals surface area (Å²) in [7, 11) is -3.58. The van der Waals surface area contributed by atoms with Crippen LogP contribution >= 0.6 is 0 Å². The number of piperidine rings is 1. The largest absolute Gasteiger partial charge is 0.416 e. The van der Waals surface area contributed by atoms with Gasteiger partial charge in [0.2, 0.25) is 0 Å². The van der Waals surface area contributed by atoms with Crippen LogP contribution in [0.4, 0.5) is 13.2 Å². The van der Waals surface area contributed by atoms with E-state index in [2.05, 4.69) is 5.32 Å². The second-order valence-electron chi connectivity index (χ2n) is 4.93. The molecule has 1 aromatic carbocycles. The van der Waals surface area contributed by atoms with Crippen LogP contribution < -0.4 is 5.32 Å². The van der Waals surface area contributed by atoms with Crippen molar-refractivity contribution in [1.29, 1.82) is 0 Å². The summed E-state index contributed by atoms with van der Waals surface area (Å²) in [5.41, 5.74) is -1.04. The van der Waals surface area contributed by atoms with E-state index in [1.165, 1.54) is 18.2 Å². The maximum Gasteiger partial charge on any atom is 0.416 e. The molecule has 1 N–H and O–H groups in total. The van der Waals surface area contributed by atoms with Crippen molar-refractivity contribution in [2.24, 2.45) is 0 Å². The van der Waals surface area contributed by atoms with Crippen molar-refractivity contribution >= 4 is 9.84 Å². The molecule has 0 aromatic heterocycles. The fourth-order valence-corrected chi connectivity index (χ4v) is 4.20. The number of alkyl halides is 3. The molecule has 7 heteroatoms. The van der Waals surface area contributed by atoms with Gasteiger partial charge in [-0.3, -0.25) is 0 Å². The molecule has 1 fully saturated rings. The topological polar surface area (TPSA) is 46.2 Å². The van der Waals surface area contributed by atoms with Crippen molar-refractivity contribution in [3.8, 4) is 0 Å². The minimum absolute atomic E-state index is 0.175. The Labute approximate surface area is 116 Å². The van der Waals surface area contributed by atoms with Gasteiger partial charge >= 0.3 is 6.18 Å². The van der Waals surface area contributed by atoms with Crippen molar-refractivity contribution in [2.45, 2.75) is 30.0 Å². The average molecular weight is 307 g/mol.